The highest BCUT2D eigenvalue weighted by molar-refractivity contribution is 6.21. The van der Waals surface area contributed by atoms with E-state index in [1.165, 1.54) is 7.11 Å². The third-order valence-corrected chi connectivity index (χ3v) is 6.24. The normalized spacial score (nSPS) is 23.0. The number of methoxy groups -OCH3 is 1. The summed E-state index contributed by atoms with van der Waals surface area (Å²) in [5, 5.41) is 10.1. The Morgan fingerprint density at radius 2 is 2.00 bits per heavy atom. The summed E-state index contributed by atoms with van der Waals surface area (Å²) in [6, 6.07) is 5.58. The number of nitrogens with zero attached hydrogens (tertiary/aromatic N) is 2. The fourth-order valence-corrected chi connectivity index (χ4v) is 5.12. The Kier molecular flexibility index (Phi) is 4.63. The lowest BCUT2D eigenvalue weighted by Gasteiger charge is -2.40. The van der Waals surface area contributed by atoms with Crippen LogP contribution in [0.15, 0.2) is 41.0 Å². The van der Waals surface area contributed by atoms with Crippen LogP contribution in [0.2, 0.25) is 0 Å². The van der Waals surface area contributed by atoms with Crippen LogP contribution < -0.4 is 15.4 Å². The van der Waals surface area contributed by atoms with E-state index in [4.69, 9.17) is 19.9 Å². The molecule has 1 atom stereocenters. The van der Waals surface area contributed by atoms with Crippen LogP contribution in [0.3, 0.4) is 0 Å². The average Bonchev–Trinajstić information content (AvgIpc) is 2.96. The van der Waals surface area contributed by atoms with E-state index in [-0.39, 0.29) is 29.4 Å². The number of carbonyl (C=O) groups excluding carboxylic acids is 2. The maximum absolute atomic E-state index is 14.4. The number of esters is 1. The summed E-state index contributed by atoms with van der Waals surface area (Å²) >= 11 is 0. The van der Waals surface area contributed by atoms with Crippen molar-refractivity contribution in [1.29, 1.82) is 5.26 Å². The number of fused-ring (bicyclic) bond motifs is 1. The number of ether oxygens (including phenoxy) is 3. The van der Waals surface area contributed by atoms with Gasteiger partial charge in [-0.3, -0.25) is 4.79 Å². The Morgan fingerprint density at radius 1 is 1.31 bits per heavy atom. The van der Waals surface area contributed by atoms with Gasteiger partial charge in [0.2, 0.25) is 11.8 Å². The van der Waals surface area contributed by atoms with Gasteiger partial charge in [-0.25, -0.2) is 4.79 Å². The molecule has 32 heavy (non-hydrogen) atoms. The number of carbonyl (C=O) groups is 2. The topological polar surface area (TPSA) is 115 Å². The Hall–Kier alpha value is -3.73. The molecular formula is C24H25N3O5. The largest absolute Gasteiger partial charge is 0.497 e. The van der Waals surface area contributed by atoms with E-state index in [0.29, 0.717) is 17.0 Å². The number of hydrogen-bond acceptors (Lipinski definition) is 7. The molecule has 0 radical (unpaired) electrons. The maximum atomic E-state index is 14.4. The number of hydrogen-bond donors (Lipinski definition) is 1. The first-order valence-electron chi connectivity index (χ1n) is 10.3. The molecule has 1 aromatic rings. The van der Waals surface area contributed by atoms with Gasteiger partial charge in [-0.15, -0.1) is 0 Å². The zero-order valence-electron chi connectivity index (χ0n) is 19.0. The molecule has 0 saturated carbocycles. The summed E-state index contributed by atoms with van der Waals surface area (Å²) in [6.07, 6.45) is 1.98. The molecule has 1 amide bonds. The number of rotatable bonds is 3. The van der Waals surface area contributed by atoms with Crippen molar-refractivity contribution in [2.45, 2.75) is 45.6 Å². The first-order chi connectivity index (χ1) is 15.1. The van der Waals surface area contributed by atoms with Gasteiger partial charge in [0.05, 0.1) is 24.9 Å². The zero-order chi connectivity index (χ0) is 23.6. The minimum atomic E-state index is -1.80. The average molecular weight is 435 g/mol. The van der Waals surface area contributed by atoms with Crippen LogP contribution in [0.1, 0.15) is 45.7 Å². The van der Waals surface area contributed by atoms with Crippen LogP contribution >= 0.6 is 0 Å². The predicted molar refractivity (Wildman–Crippen MR) is 117 cm³/mol. The molecule has 3 aliphatic heterocycles. The van der Waals surface area contributed by atoms with E-state index < -0.39 is 22.8 Å². The van der Waals surface area contributed by atoms with Gasteiger partial charge in [-0.1, -0.05) is 6.08 Å². The van der Waals surface area contributed by atoms with Crippen LogP contribution in [-0.2, 0) is 24.5 Å². The molecule has 3 heterocycles. The van der Waals surface area contributed by atoms with Crippen molar-refractivity contribution in [2.75, 3.05) is 18.6 Å². The molecule has 0 fully saturated rings. The maximum Gasteiger partial charge on any atom is 0.339 e. The van der Waals surface area contributed by atoms with Crippen LogP contribution in [0.25, 0.3) is 5.57 Å². The van der Waals surface area contributed by atoms with Crippen molar-refractivity contribution in [3.63, 3.8) is 0 Å². The van der Waals surface area contributed by atoms with Gasteiger partial charge in [0.15, 0.2) is 5.41 Å². The van der Waals surface area contributed by atoms with Crippen molar-refractivity contribution >= 4 is 23.1 Å². The van der Waals surface area contributed by atoms with E-state index in [0.717, 1.165) is 11.1 Å². The van der Waals surface area contributed by atoms with E-state index in [1.807, 2.05) is 39.0 Å². The number of amides is 1. The van der Waals surface area contributed by atoms with Crippen molar-refractivity contribution in [3.05, 3.63) is 52.1 Å². The van der Waals surface area contributed by atoms with E-state index >= 15 is 0 Å². The molecule has 0 aliphatic carbocycles. The smallest absolute Gasteiger partial charge is 0.339 e. The molecule has 0 bridgehead atoms. The molecular weight excluding hydrogens is 410 g/mol. The van der Waals surface area contributed by atoms with Gasteiger partial charge in [-0.05, 0) is 52.3 Å². The highest BCUT2D eigenvalue weighted by atomic mass is 16.5. The Morgan fingerprint density at radius 3 is 2.59 bits per heavy atom. The summed E-state index contributed by atoms with van der Waals surface area (Å²) in [5.41, 5.74) is 6.22. The van der Waals surface area contributed by atoms with E-state index in [1.54, 1.807) is 24.8 Å². The summed E-state index contributed by atoms with van der Waals surface area (Å²) in [7, 11) is 1.52. The van der Waals surface area contributed by atoms with Crippen LogP contribution in [0, 0.1) is 11.3 Å². The molecule has 166 valence electrons. The number of allylic oxidation sites excluding steroid dienone is 2. The molecule has 3 aliphatic rings. The van der Waals surface area contributed by atoms with Crippen molar-refractivity contribution in [2.24, 2.45) is 5.73 Å². The standard InChI is InChI=1S/C24H25N3O5/c1-7-31-21(28)18-13(3)32-20(26)17(11-25)24(18)16-9-14(30-6)8-15-12(2)10-23(4,5)27(19(15)16)22(24)29/h8-10H,7,26H2,1-6H3. The quantitative estimate of drug-likeness (QED) is 0.726. The number of nitriles is 1. The lowest BCUT2D eigenvalue weighted by atomic mass is 9.68. The molecule has 1 spiro atoms. The minimum absolute atomic E-state index is 0.0478. The lowest BCUT2D eigenvalue weighted by Crippen LogP contribution is -2.54. The molecule has 4 rings (SSSR count). The SMILES string of the molecule is CCOC(=O)C1=C(C)OC(N)=C(C#N)C12C(=O)N1c3c(cc(OC)cc32)C(C)=CC1(C)C. The summed E-state index contributed by atoms with van der Waals surface area (Å²) in [6.45, 7) is 9.07. The zero-order valence-corrected chi connectivity index (χ0v) is 19.0. The van der Waals surface area contributed by atoms with Crippen molar-refractivity contribution in [1.82, 2.24) is 0 Å². The molecule has 8 nitrogen and oxygen atoms in total. The Bertz CT molecular complexity index is 1210. The van der Waals surface area contributed by atoms with Crippen LogP contribution in [-0.4, -0.2) is 31.1 Å². The second-order valence-electron chi connectivity index (χ2n) is 8.55. The molecule has 8 heteroatoms. The Labute approximate surface area is 186 Å². The minimum Gasteiger partial charge on any atom is -0.497 e. The molecule has 2 N–H and O–H groups in total. The van der Waals surface area contributed by atoms with Crippen molar-refractivity contribution in [3.8, 4) is 11.8 Å². The number of benzene rings is 1. The number of anilines is 1. The first kappa shape index (κ1) is 21.5. The molecule has 1 aromatic carbocycles. The van der Waals surface area contributed by atoms with E-state index in [9.17, 15) is 14.9 Å². The number of nitrogens with two attached hydrogens (primary N) is 1. The molecule has 0 saturated heterocycles. The monoisotopic (exact) mass is 435 g/mol. The fourth-order valence-electron chi connectivity index (χ4n) is 5.12. The first-order valence-corrected chi connectivity index (χ1v) is 10.3. The van der Waals surface area contributed by atoms with Crippen molar-refractivity contribution < 1.29 is 23.8 Å². The summed E-state index contributed by atoms with van der Waals surface area (Å²) in [4.78, 5) is 29.2. The van der Waals surface area contributed by atoms with Gasteiger partial charge in [0.1, 0.15) is 28.7 Å². The second kappa shape index (κ2) is 6.89. The van der Waals surface area contributed by atoms with E-state index in [2.05, 4.69) is 0 Å². The van der Waals surface area contributed by atoms with Crippen LogP contribution in [0.4, 0.5) is 5.69 Å². The molecule has 1 unspecified atom stereocenters. The van der Waals surface area contributed by atoms with Gasteiger partial charge >= 0.3 is 5.97 Å². The summed E-state index contributed by atoms with van der Waals surface area (Å²) in [5.74, 6) is -0.806. The third kappa shape index (κ3) is 2.48. The van der Waals surface area contributed by atoms with Crippen LogP contribution in [0.5, 0.6) is 5.75 Å². The highest BCUT2D eigenvalue weighted by Crippen LogP contribution is 2.59. The summed E-state index contributed by atoms with van der Waals surface area (Å²) < 4.78 is 16.4. The second-order valence-corrected chi connectivity index (χ2v) is 8.55. The Balaban J connectivity index is 2.21. The third-order valence-electron chi connectivity index (χ3n) is 6.24. The fraction of sp³-hybridized carbons (Fsp3) is 0.375. The van der Waals surface area contributed by atoms with Gasteiger partial charge < -0.3 is 24.8 Å². The van der Waals surface area contributed by atoms with Gasteiger partial charge in [-0.2, -0.15) is 5.26 Å². The lowest BCUT2D eigenvalue weighted by molar-refractivity contribution is -0.141. The molecule has 0 aromatic heterocycles. The van der Waals surface area contributed by atoms with Gasteiger partial charge in [0.25, 0.3) is 0 Å². The highest BCUT2D eigenvalue weighted by Gasteiger charge is 2.65. The van der Waals surface area contributed by atoms with Gasteiger partial charge in [0, 0.05) is 11.1 Å². The predicted octanol–water partition coefficient (Wildman–Crippen LogP) is 3.04.